The lowest BCUT2D eigenvalue weighted by Crippen LogP contribution is -2.07. The van der Waals surface area contributed by atoms with E-state index in [1.165, 1.54) is 0 Å². The number of allylic oxidation sites excluding steroid dienone is 1. The van der Waals surface area contributed by atoms with Crippen LogP contribution >= 0.6 is 11.6 Å². The van der Waals surface area contributed by atoms with Crippen molar-refractivity contribution in [1.29, 1.82) is 0 Å². The zero-order valence-electron chi connectivity index (χ0n) is 12.2. The zero-order chi connectivity index (χ0) is 14.9. The molecular formula is C16H20ClN3. The molecule has 0 bridgehead atoms. The third kappa shape index (κ3) is 2.59. The lowest BCUT2D eigenvalue weighted by Gasteiger charge is -2.09. The van der Waals surface area contributed by atoms with Crippen molar-refractivity contribution in [2.24, 2.45) is 0 Å². The lowest BCUT2D eigenvalue weighted by atomic mass is 10.1. The highest BCUT2D eigenvalue weighted by Crippen LogP contribution is 2.31. The van der Waals surface area contributed by atoms with E-state index in [4.69, 9.17) is 22.3 Å². The number of anilines is 1. The number of nitrogens with zero attached hydrogens (tertiary/aromatic N) is 2. The summed E-state index contributed by atoms with van der Waals surface area (Å²) >= 11 is 6.19. The Morgan fingerprint density at radius 2 is 2.15 bits per heavy atom. The predicted molar refractivity (Wildman–Crippen MR) is 86.1 cm³/mol. The number of benzene rings is 1. The van der Waals surface area contributed by atoms with Crippen LogP contribution in [-0.4, -0.2) is 9.55 Å². The molecular weight excluding hydrogens is 270 g/mol. The second-order valence-electron chi connectivity index (χ2n) is 5.22. The van der Waals surface area contributed by atoms with Crippen LogP contribution in [-0.2, 0) is 6.54 Å². The highest BCUT2D eigenvalue weighted by molar-refractivity contribution is 6.31. The van der Waals surface area contributed by atoms with Gasteiger partial charge in [0, 0.05) is 23.0 Å². The SMILES string of the molecule is C=CCn1c(C(C)C)nc(-c2ccc(C)c(Cl)c2)c1N. The Balaban J connectivity index is 2.59. The molecule has 0 radical (unpaired) electrons. The van der Waals surface area contributed by atoms with Crippen molar-refractivity contribution in [2.75, 3.05) is 5.73 Å². The quantitative estimate of drug-likeness (QED) is 0.848. The van der Waals surface area contributed by atoms with Gasteiger partial charge >= 0.3 is 0 Å². The Morgan fingerprint density at radius 1 is 1.45 bits per heavy atom. The van der Waals surface area contributed by atoms with Crippen molar-refractivity contribution in [2.45, 2.75) is 33.2 Å². The third-order valence-corrected chi connectivity index (χ3v) is 3.72. The van der Waals surface area contributed by atoms with Gasteiger partial charge in [-0.15, -0.1) is 6.58 Å². The summed E-state index contributed by atoms with van der Waals surface area (Å²) in [5.41, 5.74) is 9.04. The average molecular weight is 290 g/mol. The van der Waals surface area contributed by atoms with Gasteiger partial charge in [0.15, 0.2) is 0 Å². The lowest BCUT2D eigenvalue weighted by molar-refractivity contribution is 0.684. The summed E-state index contributed by atoms with van der Waals surface area (Å²) < 4.78 is 2.00. The number of rotatable bonds is 4. The summed E-state index contributed by atoms with van der Waals surface area (Å²) in [6.45, 7) is 10.6. The minimum absolute atomic E-state index is 0.298. The van der Waals surface area contributed by atoms with E-state index < -0.39 is 0 Å². The van der Waals surface area contributed by atoms with E-state index in [1.54, 1.807) is 0 Å². The minimum Gasteiger partial charge on any atom is -0.383 e. The van der Waals surface area contributed by atoms with Crippen molar-refractivity contribution in [3.05, 3.63) is 47.3 Å². The van der Waals surface area contributed by atoms with Crippen LogP contribution in [0.15, 0.2) is 30.9 Å². The largest absolute Gasteiger partial charge is 0.383 e. The number of aryl methyl sites for hydroxylation is 1. The Morgan fingerprint density at radius 3 is 2.70 bits per heavy atom. The summed E-state index contributed by atoms with van der Waals surface area (Å²) in [5, 5.41) is 0.728. The molecule has 20 heavy (non-hydrogen) atoms. The van der Waals surface area contributed by atoms with Crippen molar-refractivity contribution in [3.63, 3.8) is 0 Å². The Bertz CT molecular complexity index is 641. The van der Waals surface area contributed by atoms with Crippen LogP contribution in [0.25, 0.3) is 11.3 Å². The van der Waals surface area contributed by atoms with E-state index in [2.05, 4.69) is 20.4 Å². The fraction of sp³-hybridized carbons (Fsp3) is 0.312. The Hall–Kier alpha value is -1.74. The molecule has 0 amide bonds. The van der Waals surface area contributed by atoms with Gasteiger partial charge in [0.2, 0.25) is 0 Å². The van der Waals surface area contributed by atoms with Gasteiger partial charge in [0.05, 0.1) is 0 Å². The van der Waals surface area contributed by atoms with Gasteiger partial charge in [-0.25, -0.2) is 4.98 Å². The highest BCUT2D eigenvalue weighted by Gasteiger charge is 2.17. The number of hydrogen-bond donors (Lipinski definition) is 1. The van der Waals surface area contributed by atoms with E-state index in [9.17, 15) is 0 Å². The molecule has 0 aliphatic rings. The first kappa shape index (κ1) is 14.7. The molecule has 2 rings (SSSR count). The molecule has 1 aromatic carbocycles. The van der Waals surface area contributed by atoms with Gasteiger partial charge in [-0.05, 0) is 18.6 Å². The van der Waals surface area contributed by atoms with Crippen molar-refractivity contribution < 1.29 is 0 Å². The normalized spacial score (nSPS) is 11.1. The summed E-state index contributed by atoms with van der Waals surface area (Å²) in [7, 11) is 0. The Labute approximate surface area is 125 Å². The minimum atomic E-state index is 0.298. The van der Waals surface area contributed by atoms with Gasteiger partial charge in [-0.2, -0.15) is 0 Å². The van der Waals surface area contributed by atoms with Crippen LogP contribution in [0, 0.1) is 6.92 Å². The molecule has 0 fully saturated rings. The molecule has 0 saturated carbocycles. The van der Waals surface area contributed by atoms with Gasteiger partial charge in [0.1, 0.15) is 17.3 Å². The molecule has 4 heteroatoms. The molecule has 1 aromatic heterocycles. The molecule has 1 heterocycles. The highest BCUT2D eigenvalue weighted by atomic mass is 35.5. The summed E-state index contributed by atoms with van der Waals surface area (Å²) in [5.74, 6) is 1.93. The molecule has 0 aliphatic heterocycles. The standard InChI is InChI=1S/C16H20ClN3/c1-5-8-20-15(18)14(19-16(20)10(2)3)12-7-6-11(4)13(17)9-12/h5-7,9-10H,1,8,18H2,2-4H3. The maximum absolute atomic E-state index is 6.26. The summed E-state index contributed by atoms with van der Waals surface area (Å²) in [6, 6.07) is 5.90. The number of imidazole rings is 1. The molecule has 106 valence electrons. The van der Waals surface area contributed by atoms with Crippen LogP contribution in [0.4, 0.5) is 5.82 Å². The fourth-order valence-corrected chi connectivity index (χ4v) is 2.38. The number of nitrogen functional groups attached to an aromatic ring is 1. The van der Waals surface area contributed by atoms with Crippen LogP contribution < -0.4 is 5.73 Å². The third-order valence-electron chi connectivity index (χ3n) is 3.31. The maximum Gasteiger partial charge on any atom is 0.132 e. The van der Waals surface area contributed by atoms with Gasteiger partial charge in [-0.3, -0.25) is 0 Å². The van der Waals surface area contributed by atoms with Gasteiger partial charge in [-0.1, -0.05) is 43.7 Å². The first-order chi connectivity index (χ1) is 9.45. The van der Waals surface area contributed by atoms with Crippen molar-refractivity contribution in [1.82, 2.24) is 9.55 Å². The first-order valence-electron chi connectivity index (χ1n) is 6.69. The summed E-state index contributed by atoms with van der Waals surface area (Å²) in [6.07, 6.45) is 1.83. The average Bonchev–Trinajstić information content (AvgIpc) is 2.72. The zero-order valence-corrected chi connectivity index (χ0v) is 12.9. The van der Waals surface area contributed by atoms with Crippen molar-refractivity contribution >= 4 is 17.4 Å². The van der Waals surface area contributed by atoms with E-state index >= 15 is 0 Å². The second kappa shape index (κ2) is 5.71. The van der Waals surface area contributed by atoms with Crippen LogP contribution in [0.2, 0.25) is 5.02 Å². The van der Waals surface area contributed by atoms with Crippen molar-refractivity contribution in [3.8, 4) is 11.3 Å². The Kier molecular flexibility index (Phi) is 4.19. The molecule has 0 saturated heterocycles. The fourth-order valence-electron chi connectivity index (χ4n) is 2.20. The van der Waals surface area contributed by atoms with Gasteiger partial charge < -0.3 is 10.3 Å². The monoisotopic (exact) mass is 289 g/mol. The van der Waals surface area contributed by atoms with Crippen LogP contribution in [0.1, 0.15) is 31.2 Å². The maximum atomic E-state index is 6.26. The number of halogens is 1. The van der Waals surface area contributed by atoms with Crippen LogP contribution in [0.5, 0.6) is 0 Å². The number of hydrogen-bond acceptors (Lipinski definition) is 2. The molecule has 0 atom stereocenters. The molecule has 2 aromatic rings. The summed E-state index contributed by atoms with van der Waals surface area (Å²) in [4.78, 5) is 4.70. The van der Waals surface area contributed by atoms with E-state index in [-0.39, 0.29) is 0 Å². The molecule has 0 spiro atoms. The van der Waals surface area contributed by atoms with Gasteiger partial charge in [0.25, 0.3) is 0 Å². The molecule has 0 unspecified atom stereocenters. The number of aromatic nitrogens is 2. The molecule has 2 N–H and O–H groups in total. The first-order valence-corrected chi connectivity index (χ1v) is 7.06. The van der Waals surface area contributed by atoms with Crippen LogP contribution in [0.3, 0.4) is 0 Å². The topological polar surface area (TPSA) is 43.8 Å². The van der Waals surface area contributed by atoms with E-state index in [0.717, 1.165) is 27.7 Å². The predicted octanol–water partition coefficient (Wildman–Crippen LogP) is 4.40. The van der Waals surface area contributed by atoms with E-state index in [1.807, 2.05) is 35.8 Å². The molecule has 0 aliphatic carbocycles. The second-order valence-corrected chi connectivity index (χ2v) is 5.63. The molecule has 3 nitrogen and oxygen atoms in total. The number of nitrogens with two attached hydrogens (primary N) is 1. The van der Waals surface area contributed by atoms with E-state index in [0.29, 0.717) is 18.3 Å². The smallest absolute Gasteiger partial charge is 0.132 e.